The van der Waals surface area contributed by atoms with Gasteiger partial charge in [-0.1, -0.05) is 56.2 Å². The molecule has 2 aliphatic carbocycles. The topological polar surface area (TPSA) is 0 Å². The third-order valence-corrected chi connectivity index (χ3v) is 6.86. The summed E-state index contributed by atoms with van der Waals surface area (Å²) in [5, 5.41) is 0. The lowest BCUT2D eigenvalue weighted by molar-refractivity contribution is 0.0418. The average Bonchev–Trinajstić information content (AvgIpc) is 2.56. The van der Waals surface area contributed by atoms with Crippen LogP contribution >= 0.6 is 22.6 Å². The number of alkyl halides is 1. The number of fused-ring (bicyclic) bond motifs is 1. The molecule has 0 spiro atoms. The highest BCUT2D eigenvalue weighted by Crippen LogP contribution is 2.59. The van der Waals surface area contributed by atoms with E-state index >= 15 is 0 Å². The molecule has 0 aromatic heterocycles. The Hall–Kier alpha value is 0.730. The van der Waals surface area contributed by atoms with Gasteiger partial charge in [-0.3, -0.25) is 0 Å². The maximum Gasteiger partial charge on any atom is 0.00239 e. The van der Waals surface area contributed by atoms with Crippen LogP contribution in [0.3, 0.4) is 0 Å². The van der Waals surface area contributed by atoms with Gasteiger partial charge in [0.25, 0.3) is 0 Å². The van der Waals surface area contributed by atoms with E-state index in [0.29, 0.717) is 5.41 Å². The summed E-state index contributed by atoms with van der Waals surface area (Å²) < 4.78 is 1.35. The van der Waals surface area contributed by atoms with Crippen LogP contribution in [0.2, 0.25) is 0 Å². The van der Waals surface area contributed by atoms with E-state index in [1.54, 1.807) is 0 Å². The van der Waals surface area contributed by atoms with Crippen LogP contribution < -0.4 is 0 Å². The standard InChI is InChI=1S/C14H25I/c1-10-5-4-8-14(3)12(10)6-7-13(14)11(2)9-15/h10-13H,4-9H2,1-3H3. The minimum Gasteiger partial charge on any atom is -0.0861 e. The van der Waals surface area contributed by atoms with Gasteiger partial charge in [0.05, 0.1) is 0 Å². The fourth-order valence-electron chi connectivity index (χ4n) is 4.65. The van der Waals surface area contributed by atoms with E-state index in [4.69, 9.17) is 0 Å². The van der Waals surface area contributed by atoms with Crippen LogP contribution in [0.25, 0.3) is 0 Å². The maximum absolute atomic E-state index is 2.60. The fourth-order valence-corrected chi connectivity index (χ4v) is 5.26. The van der Waals surface area contributed by atoms with Crippen LogP contribution in [0.15, 0.2) is 0 Å². The molecule has 0 heterocycles. The molecule has 1 heteroatoms. The van der Waals surface area contributed by atoms with Gasteiger partial charge in [-0.15, -0.1) is 0 Å². The first-order valence-corrected chi connectivity index (χ1v) is 8.18. The zero-order valence-corrected chi connectivity index (χ0v) is 12.6. The summed E-state index contributed by atoms with van der Waals surface area (Å²) in [6, 6.07) is 0. The van der Waals surface area contributed by atoms with Crippen LogP contribution in [0.4, 0.5) is 0 Å². The lowest BCUT2D eigenvalue weighted by atomic mass is 9.60. The van der Waals surface area contributed by atoms with Crippen molar-refractivity contribution in [3.8, 4) is 0 Å². The molecule has 0 saturated heterocycles. The molecule has 15 heavy (non-hydrogen) atoms. The van der Waals surface area contributed by atoms with Crippen LogP contribution in [0.1, 0.15) is 52.9 Å². The molecule has 0 aromatic carbocycles. The van der Waals surface area contributed by atoms with Crippen molar-refractivity contribution in [1.29, 1.82) is 0 Å². The largest absolute Gasteiger partial charge is 0.0861 e. The molecule has 2 saturated carbocycles. The van der Waals surface area contributed by atoms with Crippen LogP contribution in [0, 0.1) is 29.1 Å². The van der Waals surface area contributed by atoms with Crippen molar-refractivity contribution < 1.29 is 0 Å². The summed E-state index contributed by atoms with van der Waals surface area (Å²) in [6.45, 7) is 7.58. The van der Waals surface area contributed by atoms with E-state index < -0.39 is 0 Å². The predicted molar refractivity (Wildman–Crippen MR) is 75.4 cm³/mol. The Kier molecular flexibility index (Phi) is 3.69. The zero-order valence-electron chi connectivity index (χ0n) is 10.4. The quantitative estimate of drug-likeness (QED) is 0.501. The van der Waals surface area contributed by atoms with Crippen LogP contribution in [-0.2, 0) is 0 Å². The van der Waals surface area contributed by atoms with Gasteiger partial charge in [0.2, 0.25) is 0 Å². The highest BCUT2D eigenvalue weighted by Gasteiger charge is 2.50. The lowest BCUT2D eigenvalue weighted by Gasteiger charge is -2.45. The Labute approximate surface area is 109 Å². The van der Waals surface area contributed by atoms with Gasteiger partial charge in [-0.2, -0.15) is 0 Å². The van der Waals surface area contributed by atoms with Crippen molar-refractivity contribution in [1.82, 2.24) is 0 Å². The summed E-state index contributed by atoms with van der Waals surface area (Å²) in [7, 11) is 0. The number of halogens is 1. The van der Waals surface area contributed by atoms with Gasteiger partial charge in [0.1, 0.15) is 0 Å². The van der Waals surface area contributed by atoms with E-state index in [1.165, 1.54) is 36.5 Å². The summed E-state index contributed by atoms with van der Waals surface area (Å²) in [5.74, 6) is 3.99. The maximum atomic E-state index is 2.60. The number of hydrogen-bond acceptors (Lipinski definition) is 0. The molecule has 2 rings (SSSR count). The van der Waals surface area contributed by atoms with Gasteiger partial charge >= 0.3 is 0 Å². The Morgan fingerprint density at radius 1 is 1.33 bits per heavy atom. The molecule has 5 atom stereocenters. The first kappa shape index (κ1) is 12.2. The van der Waals surface area contributed by atoms with Gasteiger partial charge in [0, 0.05) is 4.43 Å². The van der Waals surface area contributed by atoms with Crippen molar-refractivity contribution >= 4 is 22.6 Å². The molecule has 2 fully saturated rings. The van der Waals surface area contributed by atoms with Gasteiger partial charge in [-0.05, 0) is 48.3 Å². The summed E-state index contributed by atoms with van der Waals surface area (Å²) in [5.41, 5.74) is 0.697. The lowest BCUT2D eigenvalue weighted by Crippen LogP contribution is -2.38. The predicted octanol–water partition coefficient (Wildman–Crippen LogP) is 4.91. The van der Waals surface area contributed by atoms with Gasteiger partial charge in [-0.25, -0.2) is 0 Å². The first-order chi connectivity index (χ1) is 7.09. The molecular formula is C14H25I. The summed E-state index contributed by atoms with van der Waals surface area (Å²) >= 11 is 2.58. The van der Waals surface area contributed by atoms with E-state index in [9.17, 15) is 0 Å². The molecule has 0 nitrogen and oxygen atoms in total. The monoisotopic (exact) mass is 320 g/mol. The molecule has 0 aromatic rings. The molecule has 0 N–H and O–H groups in total. The molecule has 5 unspecified atom stereocenters. The number of hydrogen-bond donors (Lipinski definition) is 0. The summed E-state index contributed by atoms with van der Waals surface area (Å²) in [6.07, 6.45) is 7.51. The third kappa shape index (κ3) is 1.98. The SMILES string of the molecule is CC(CI)C1CCC2C(C)CCCC12C. The molecular weight excluding hydrogens is 295 g/mol. The van der Waals surface area contributed by atoms with E-state index in [-0.39, 0.29) is 0 Å². The van der Waals surface area contributed by atoms with Crippen molar-refractivity contribution in [3.63, 3.8) is 0 Å². The Bertz CT molecular complexity index is 225. The second-order valence-electron chi connectivity index (χ2n) is 6.30. The highest BCUT2D eigenvalue weighted by atomic mass is 127. The molecule has 88 valence electrons. The second kappa shape index (κ2) is 4.54. The van der Waals surface area contributed by atoms with Gasteiger partial charge in [0.15, 0.2) is 0 Å². The Morgan fingerprint density at radius 2 is 2.07 bits per heavy atom. The van der Waals surface area contributed by atoms with E-state index in [2.05, 4.69) is 43.4 Å². The second-order valence-corrected chi connectivity index (χ2v) is 7.18. The van der Waals surface area contributed by atoms with Crippen LogP contribution in [-0.4, -0.2) is 4.43 Å². The molecule has 0 aliphatic heterocycles. The highest BCUT2D eigenvalue weighted by molar-refractivity contribution is 14.1. The summed E-state index contributed by atoms with van der Waals surface area (Å²) in [4.78, 5) is 0. The van der Waals surface area contributed by atoms with Crippen molar-refractivity contribution in [2.75, 3.05) is 4.43 Å². The van der Waals surface area contributed by atoms with Crippen LogP contribution in [0.5, 0.6) is 0 Å². The van der Waals surface area contributed by atoms with Gasteiger partial charge < -0.3 is 0 Å². The van der Waals surface area contributed by atoms with E-state index in [0.717, 1.165) is 23.7 Å². The Morgan fingerprint density at radius 3 is 2.73 bits per heavy atom. The normalized spacial score (nSPS) is 47.6. The Balaban J connectivity index is 2.17. The van der Waals surface area contributed by atoms with E-state index in [1.807, 2.05) is 0 Å². The smallest absolute Gasteiger partial charge is 0.00239 e. The molecule has 0 bridgehead atoms. The minimum absolute atomic E-state index is 0.697. The molecule has 2 aliphatic rings. The van der Waals surface area contributed by atoms with Crippen molar-refractivity contribution in [3.05, 3.63) is 0 Å². The third-order valence-electron chi connectivity index (χ3n) is 5.47. The fraction of sp³-hybridized carbons (Fsp3) is 1.00. The van der Waals surface area contributed by atoms with Crippen molar-refractivity contribution in [2.24, 2.45) is 29.1 Å². The van der Waals surface area contributed by atoms with Crippen molar-refractivity contribution in [2.45, 2.75) is 52.9 Å². The minimum atomic E-state index is 0.697. The molecule has 0 amide bonds. The first-order valence-electron chi connectivity index (χ1n) is 6.65. The average molecular weight is 320 g/mol. The molecule has 0 radical (unpaired) electrons. The zero-order chi connectivity index (χ0) is 11.1. The number of rotatable bonds is 2.